The molecule has 1 heterocycles. The molecule has 0 spiro atoms. The minimum atomic E-state index is 0.358. The summed E-state index contributed by atoms with van der Waals surface area (Å²) in [6, 6.07) is 18.5. The van der Waals surface area contributed by atoms with E-state index in [1.54, 1.807) is 12.1 Å². The minimum Gasteiger partial charge on any atom is -0.508 e. The van der Waals surface area contributed by atoms with Crippen LogP contribution in [-0.4, -0.2) is 34.9 Å². The maximum Gasteiger partial charge on any atom is 0.115 e. The fraction of sp³-hybridized carbons (Fsp3) is 0.429. The normalized spacial score (nSPS) is 26.6. The Bertz CT molecular complexity index is 643. The predicted molar refractivity (Wildman–Crippen MR) is 101 cm³/mol. The quantitative estimate of drug-likeness (QED) is 0.871. The lowest BCUT2D eigenvalue weighted by Gasteiger charge is -2.18. The van der Waals surface area contributed by atoms with Crippen molar-refractivity contribution in [2.45, 2.75) is 29.4 Å². The first-order valence-electron chi connectivity index (χ1n) is 8.98. The van der Waals surface area contributed by atoms with Crippen molar-refractivity contribution in [2.24, 2.45) is 11.8 Å². The number of nitrogens with zero attached hydrogens (tertiary/aromatic N) is 1. The van der Waals surface area contributed by atoms with Gasteiger partial charge in [-0.3, -0.25) is 0 Å². The van der Waals surface area contributed by atoms with E-state index in [0.29, 0.717) is 5.75 Å². The number of phenols is 1. The Morgan fingerprint density at radius 3 is 2.25 bits per heavy atom. The van der Waals surface area contributed by atoms with Gasteiger partial charge in [0.2, 0.25) is 0 Å². The first-order valence-corrected chi connectivity index (χ1v) is 9.86. The van der Waals surface area contributed by atoms with Gasteiger partial charge in [0.05, 0.1) is 0 Å². The highest BCUT2D eigenvalue weighted by Gasteiger charge is 2.40. The number of likely N-dealkylation sites (tertiary alicyclic amines) is 1. The van der Waals surface area contributed by atoms with Gasteiger partial charge in [-0.15, -0.1) is 11.8 Å². The van der Waals surface area contributed by atoms with E-state index >= 15 is 0 Å². The molecule has 24 heavy (non-hydrogen) atoms. The van der Waals surface area contributed by atoms with Gasteiger partial charge < -0.3 is 10.0 Å². The first-order chi connectivity index (χ1) is 11.8. The van der Waals surface area contributed by atoms with Crippen LogP contribution in [0.3, 0.4) is 0 Å². The van der Waals surface area contributed by atoms with E-state index in [9.17, 15) is 5.11 Å². The van der Waals surface area contributed by atoms with Gasteiger partial charge in [-0.2, -0.15) is 0 Å². The zero-order chi connectivity index (χ0) is 16.4. The molecule has 1 aliphatic heterocycles. The molecule has 0 aromatic heterocycles. The van der Waals surface area contributed by atoms with Crippen molar-refractivity contribution in [3.63, 3.8) is 0 Å². The van der Waals surface area contributed by atoms with Gasteiger partial charge in [0.25, 0.3) is 0 Å². The summed E-state index contributed by atoms with van der Waals surface area (Å²) in [7, 11) is 0. The summed E-state index contributed by atoms with van der Waals surface area (Å²) >= 11 is 2.08. The second-order valence-corrected chi connectivity index (χ2v) is 8.59. The molecule has 1 saturated carbocycles. The van der Waals surface area contributed by atoms with Crippen LogP contribution in [0.2, 0.25) is 0 Å². The fourth-order valence-corrected chi connectivity index (χ4v) is 5.65. The molecule has 2 aromatic rings. The van der Waals surface area contributed by atoms with Crippen molar-refractivity contribution in [2.75, 3.05) is 19.6 Å². The largest absolute Gasteiger partial charge is 0.508 e. The maximum atomic E-state index is 9.36. The SMILES string of the molecule is Oc1ccc(CCN2C[C@H]3C[C@H](Sc4ccccc4)C[C@H]3C2)cc1. The van der Waals surface area contributed by atoms with E-state index in [1.165, 1.54) is 36.4 Å². The minimum absolute atomic E-state index is 0.358. The van der Waals surface area contributed by atoms with E-state index in [2.05, 4.69) is 47.0 Å². The van der Waals surface area contributed by atoms with Gasteiger partial charge in [0, 0.05) is 29.8 Å². The highest BCUT2D eigenvalue weighted by atomic mass is 32.2. The summed E-state index contributed by atoms with van der Waals surface area (Å²) in [5, 5.41) is 10.2. The highest BCUT2D eigenvalue weighted by Crippen LogP contribution is 2.44. The van der Waals surface area contributed by atoms with Crippen LogP contribution in [-0.2, 0) is 6.42 Å². The maximum absolute atomic E-state index is 9.36. The topological polar surface area (TPSA) is 23.5 Å². The molecule has 126 valence electrons. The molecular formula is C21H25NOS. The van der Waals surface area contributed by atoms with E-state index < -0.39 is 0 Å². The molecule has 2 nitrogen and oxygen atoms in total. The van der Waals surface area contributed by atoms with Crippen LogP contribution < -0.4 is 0 Å². The van der Waals surface area contributed by atoms with Crippen LogP contribution in [0.15, 0.2) is 59.5 Å². The van der Waals surface area contributed by atoms with Crippen LogP contribution in [0.1, 0.15) is 18.4 Å². The predicted octanol–water partition coefficient (Wildman–Crippen LogP) is 4.44. The summed E-state index contributed by atoms with van der Waals surface area (Å²) in [5.74, 6) is 2.15. The van der Waals surface area contributed by atoms with Gasteiger partial charge in [-0.25, -0.2) is 0 Å². The summed E-state index contributed by atoms with van der Waals surface area (Å²) in [5.41, 5.74) is 1.32. The molecular weight excluding hydrogens is 314 g/mol. The monoisotopic (exact) mass is 339 g/mol. The second kappa shape index (κ2) is 7.20. The number of aromatic hydroxyl groups is 1. The molecule has 0 unspecified atom stereocenters. The van der Waals surface area contributed by atoms with E-state index in [0.717, 1.165) is 30.1 Å². The van der Waals surface area contributed by atoms with E-state index in [-0.39, 0.29) is 0 Å². The number of hydrogen-bond acceptors (Lipinski definition) is 3. The third kappa shape index (κ3) is 3.79. The molecule has 3 atom stereocenters. The van der Waals surface area contributed by atoms with Crippen LogP contribution in [0.4, 0.5) is 0 Å². The Balaban J connectivity index is 1.25. The van der Waals surface area contributed by atoms with E-state index in [4.69, 9.17) is 0 Å². The van der Waals surface area contributed by atoms with Crippen molar-refractivity contribution in [1.82, 2.24) is 4.90 Å². The zero-order valence-electron chi connectivity index (χ0n) is 14.0. The van der Waals surface area contributed by atoms with Gasteiger partial charge in [-0.1, -0.05) is 30.3 Å². The Morgan fingerprint density at radius 2 is 1.58 bits per heavy atom. The molecule has 1 aliphatic carbocycles. The standard InChI is InChI=1S/C21H25NOS/c23-19-8-6-16(7-9-19)10-11-22-14-17-12-21(13-18(17)15-22)24-20-4-2-1-3-5-20/h1-9,17-18,21,23H,10-15H2/t17-,18+,21+. The highest BCUT2D eigenvalue weighted by molar-refractivity contribution is 8.00. The molecule has 2 aromatic carbocycles. The molecule has 0 bridgehead atoms. The Hall–Kier alpha value is -1.45. The van der Waals surface area contributed by atoms with Crippen molar-refractivity contribution >= 4 is 11.8 Å². The van der Waals surface area contributed by atoms with Gasteiger partial charge in [-0.05, 0) is 60.9 Å². The number of rotatable bonds is 5. The van der Waals surface area contributed by atoms with Crippen molar-refractivity contribution < 1.29 is 5.11 Å². The summed E-state index contributed by atoms with van der Waals surface area (Å²) in [6.45, 7) is 3.69. The lowest BCUT2D eigenvalue weighted by molar-refractivity contribution is 0.316. The van der Waals surface area contributed by atoms with Crippen LogP contribution >= 0.6 is 11.8 Å². The summed E-state index contributed by atoms with van der Waals surface area (Å²) in [6.07, 6.45) is 3.84. The fourth-order valence-electron chi connectivity index (χ4n) is 4.26. The summed E-state index contributed by atoms with van der Waals surface area (Å²) in [4.78, 5) is 4.07. The van der Waals surface area contributed by atoms with Gasteiger partial charge >= 0.3 is 0 Å². The molecule has 1 N–H and O–H groups in total. The Morgan fingerprint density at radius 1 is 0.917 bits per heavy atom. The van der Waals surface area contributed by atoms with Crippen LogP contribution in [0.5, 0.6) is 5.75 Å². The number of hydrogen-bond donors (Lipinski definition) is 1. The molecule has 0 radical (unpaired) electrons. The Kier molecular flexibility index (Phi) is 4.81. The number of phenolic OH excluding ortho intramolecular Hbond substituents is 1. The number of benzene rings is 2. The molecule has 1 saturated heterocycles. The molecule has 0 amide bonds. The average molecular weight is 340 g/mol. The van der Waals surface area contributed by atoms with Crippen molar-refractivity contribution in [3.8, 4) is 5.75 Å². The summed E-state index contributed by atoms with van der Waals surface area (Å²) < 4.78 is 0. The van der Waals surface area contributed by atoms with Crippen LogP contribution in [0, 0.1) is 11.8 Å². The van der Waals surface area contributed by atoms with Gasteiger partial charge in [0.1, 0.15) is 5.75 Å². The Labute approximate surface area is 148 Å². The smallest absolute Gasteiger partial charge is 0.115 e. The average Bonchev–Trinajstić information content (AvgIpc) is 3.13. The number of thioether (sulfide) groups is 1. The van der Waals surface area contributed by atoms with E-state index in [1.807, 2.05) is 12.1 Å². The lowest BCUT2D eigenvalue weighted by atomic mass is 10.0. The van der Waals surface area contributed by atoms with Crippen LogP contribution in [0.25, 0.3) is 0 Å². The molecule has 2 fully saturated rings. The molecule has 4 rings (SSSR count). The van der Waals surface area contributed by atoms with Crippen molar-refractivity contribution in [1.29, 1.82) is 0 Å². The third-order valence-electron chi connectivity index (χ3n) is 5.48. The first kappa shape index (κ1) is 16.0. The van der Waals surface area contributed by atoms with Gasteiger partial charge in [0.15, 0.2) is 0 Å². The zero-order valence-corrected chi connectivity index (χ0v) is 14.8. The second-order valence-electron chi connectivity index (χ2n) is 7.22. The third-order valence-corrected chi connectivity index (χ3v) is 6.74. The lowest BCUT2D eigenvalue weighted by Crippen LogP contribution is -2.25. The number of fused-ring (bicyclic) bond motifs is 1. The molecule has 3 heteroatoms. The molecule has 2 aliphatic rings. The van der Waals surface area contributed by atoms with Crippen molar-refractivity contribution in [3.05, 3.63) is 60.2 Å².